The number of aliphatic imine (C=N–C) groups is 1. The zero-order valence-electron chi connectivity index (χ0n) is 15.1. The number of carbonyl (C=O) groups is 2. The van der Waals surface area contributed by atoms with Gasteiger partial charge in [-0.1, -0.05) is 28.1 Å². The second-order valence-electron chi connectivity index (χ2n) is 6.20. The number of aromatic hydroxyl groups is 1. The zero-order valence-corrected chi connectivity index (χ0v) is 17.5. The summed E-state index contributed by atoms with van der Waals surface area (Å²) in [7, 11) is 0. The van der Waals surface area contributed by atoms with Crippen molar-refractivity contribution in [1.29, 1.82) is 0 Å². The van der Waals surface area contributed by atoms with Gasteiger partial charge >= 0.3 is 5.97 Å². The van der Waals surface area contributed by atoms with E-state index < -0.39 is 5.97 Å². The van der Waals surface area contributed by atoms with Crippen LogP contribution in [-0.4, -0.2) is 27.3 Å². The summed E-state index contributed by atoms with van der Waals surface area (Å²) in [5, 5.41) is 21.6. The molecule has 30 heavy (non-hydrogen) atoms. The van der Waals surface area contributed by atoms with Crippen LogP contribution in [0, 0.1) is 0 Å². The summed E-state index contributed by atoms with van der Waals surface area (Å²) in [6.07, 6.45) is 1.62. The van der Waals surface area contributed by atoms with Crippen LogP contribution >= 0.6 is 27.7 Å². The van der Waals surface area contributed by atoms with Gasteiger partial charge in [0.25, 0.3) is 5.91 Å². The number of amidine groups is 1. The summed E-state index contributed by atoms with van der Waals surface area (Å²) < 4.78 is 6.78. The molecule has 0 atom stereocenters. The van der Waals surface area contributed by atoms with Crippen molar-refractivity contribution in [1.82, 2.24) is 5.32 Å². The van der Waals surface area contributed by atoms with Gasteiger partial charge in [0, 0.05) is 16.1 Å². The molecule has 150 valence electrons. The highest BCUT2D eigenvalue weighted by molar-refractivity contribution is 9.10. The highest BCUT2D eigenvalue weighted by Gasteiger charge is 2.24. The molecular formula is C21H13BrN2O5S. The Balaban J connectivity index is 1.55. The SMILES string of the molecule is O=C1NC(=Nc2ccc(O)c(C(=O)O)c2)SC1=Cc1ccc(-c2ccc(Br)cc2)o1. The van der Waals surface area contributed by atoms with E-state index in [0.29, 0.717) is 27.3 Å². The monoisotopic (exact) mass is 484 g/mol. The Morgan fingerprint density at radius 2 is 1.90 bits per heavy atom. The first-order valence-corrected chi connectivity index (χ1v) is 10.2. The molecule has 0 spiro atoms. The molecule has 0 unspecified atom stereocenters. The van der Waals surface area contributed by atoms with Gasteiger partial charge in [0.05, 0.1) is 10.6 Å². The molecule has 1 amide bonds. The van der Waals surface area contributed by atoms with Crippen LogP contribution in [0.4, 0.5) is 5.69 Å². The molecule has 1 aliphatic heterocycles. The molecule has 4 rings (SSSR count). The number of carboxylic acids is 1. The number of hydrogen-bond donors (Lipinski definition) is 3. The number of nitrogens with one attached hydrogen (secondary N) is 1. The van der Waals surface area contributed by atoms with Crippen LogP contribution in [0.1, 0.15) is 16.1 Å². The van der Waals surface area contributed by atoms with Gasteiger partial charge in [0.15, 0.2) is 5.17 Å². The van der Waals surface area contributed by atoms with E-state index in [1.54, 1.807) is 12.1 Å². The predicted molar refractivity (Wildman–Crippen MR) is 118 cm³/mol. The molecule has 1 aromatic heterocycles. The average molecular weight is 485 g/mol. The average Bonchev–Trinajstić information content (AvgIpc) is 3.31. The zero-order chi connectivity index (χ0) is 21.3. The molecule has 0 saturated carbocycles. The van der Waals surface area contributed by atoms with E-state index >= 15 is 0 Å². The fourth-order valence-corrected chi connectivity index (χ4v) is 3.78. The highest BCUT2D eigenvalue weighted by atomic mass is 79.9. The van der Waals surface area contributed by atoms with Crippen LogP contribution in [0.2, 0.25) is 0 Å². The third kappa shape index (κ3) is 4.32. The van der Waals surface area contributed by atoms with E-state index in [-0.39, 0.29) is 17.2 Å². The Kier molecular flexibility index (Phi) is 5.47. The first kappa shape index (κ1) is 20.0. The number of nitrogens with zero attached hydrogens (tertiary/aromatic N) is 1. The van der Waals surface area contributed by atoms with Gasteiger partial charge in [0.2, 0.25) is 0 Å². The lowest BCUT2D eigenvalue weighted by atomic mass is 10.2. The molecule has 0 radical (unpaired) electrons. The number of rotatable bonds is 4. The number of benzene rings is 2. The van der Waals surface area contributed by atoms with Crippen molar-refractivity contribution >= 4 is 56.5 Å². The minimum absolute atomic E-state index is 0.266. The van der Waals surface area contributed by atoms with Crippen molar-refractivity contribution < 1.29 is 24.2 Å². The Labute approximate surface area is 183 Å². The molecule has 7 nitrogen and oxygen atoms in total. The van der Waals surface area contributed by atoms with Crippen LogP contribution in [0.3, 0.4) is 0 Å². The lowest BCUT2D eigenvalue weighted by Gasteiger charge is -2.01. The number of carboxylic acid groups (broad SMARTS) is 1. The smallest absolute Gasteiger partial charge is 0.339 e. The first-order chi connectivity index (χ1) is 14.4. The largest absolute Gasteiger partial charge is 0.507 e. The number of thioether (sulfide) groups is 1. The normalized spacial score (nSPS) is 16.2. The summed E-state index contributed by atoms with van der Waals surface area (Å²) >= 11 is 4.50. The van der Waals surface area contributed by atoms with Crippen molar-refractivity contribution in [3.63, 3.8) is 0 Å². The Morgan fingerprint density at radius 3 is 2.63 bits per heavy atom. The van der Waals surface area contributed by atoms with Crippen molar-refractivity contribution in [2.45, 2.75) is 0 Å². The molecule has 1 fully saturated rings. The third-order valence-electron chi connectivity index (χ3n) is 4.12. The molecule has 2 aromatic carbocycles. The maximum absolute atomic E-state index is 12.3. The number of amides is 1. The summed E-state index contributed by atoms with van der Waals surface area (Å²) in [6.45, 7) is 0. The molecule has 1 aliphatic rings. The lowest BCUT2D eigenvalue weighted by molar-refractivity contribution is -0.115. The fourth-order valence-electron chi connectivity index (χ4n) is 2.69. The van der Waals surface area contributed by atoms with Crippen LogP contribution in [0.5, 0.6) is 5.75 Å². The molecule has 1 saturated heterocycles. The second-order valence-corrected chi connectivity index (χ2v) is 8.14. The highest BCUT2D eigenvalue weighted by Crippen LogP contribution is 2.31. The first-order valence-electron chi connectivity index (χ1n) is 8.61. The molecule has 2 heterocycles. The lowest BCUT2D eigenvalue weighted by Crippen LogP contribution is -2.19. The van der Waals surface area contributed by atoms with Gasteiger partial charge in [-0.25, -0.2) is 9.79 Å². The Morgan fingerprint density at radius 1 is 1.13 bits per heavy atom. The number of carbonyl (C=O) groups excluding carboxylic acids is 1. The quantitative estimate of drug-likeness (QED) is 0.449. The van der Waals surface area contributed by atoms with E-state index in [4.69, 9.17) is 9.52 Å². The van der Waals surface area contributed by atoms with Gasteiger partial charge in [-0.3, -0.25) is 4.79 Å². The standard InChI is InChI=1S/C21H13BrN2O5S/c22-12-3-1-11(2-4-12)17-8-6-14(29-17)10-18-19(26)24-21(30-18)23-13-5-7-16(25)15(9-13)20(27)28/h1-10,25H,(H,27,28)(H,23,24,26). The molecular weight excluding hydrogens is 472 g/mol. The number of aromatic carboxylic acids is 1. The van der Waals surface area contributed by atoms with Crippen LogP contribution in [0.15, 0.2) is 73.4 Å². The topological polar surface area (TPSA) is 112 Å². The van der Waals surface area contributed by atoms with Gasteiger partial charge in [0.1, 0.15) is 22.8 Å². The van der Waals surface area contributed by atoms with Crippen molar-refractivity contribution in [3.05, 3.63) is 75.3 Å². The summed E-state index contributed by atoms with van der Waals surface area (Å²) in [4.78, 5) is 28.0. The number of halogens is 1. The van der Waals surface area contributed by atoms with Crippen LogP contribution < -0.4 is 5.32 Å². The van der Waals surface area contributed by atoms with Crippen LogP contribution in [0.25, 0.3) is 17.4 Å². The van der Waals surface area contributed by atoms with Gasteiger partial charge in [-0.05, 0) is 54.2 Å². The maximum Gasteiger partial charge on any atom is 0.339 e. The second kappa shape index (κ2) is 8.21. The van der Waals surface area contributed by atoms with E-state index in [2.05, 4.69) is 26.2 Å². The molecule has 3 N–H and O–H groups in total. The number of furan rings is 1. The maximum atomic E-state index is 12.3. The van der Waals surface area contributed by atoms with Crippen LogP contribution in [-0.2, 0) is 4.79 Å². The van der Waals surface area contributed by atoms with Gasteiger partial charge in [-0.2, -0.15) is 0 Å². The van der Waals surface area contributed by atoms with Gasteiger partial charge in [-0.15, -0.1) is 0 Å². The summed E-state index contributed by atoms with van der Waals surface area (Å²) in [5.41, 5.74) is 0.943. The summed E-state index contributed by atoms with van der Waals surface area (Å²) in [6, 6.07) is 15.2. The van der Waals surface area contributed by atoms with E-state index in [1.165, 1.54) is 18.2 Å². The number of phenols is 1. The van der Waals surface area contributed by atoms with Crippen molar-refractivity contribution in [3.8, 4) is 17.1 Å². The Hall–Kier alpha value is -3.30. The van der Waals surface area contributed by atoms with E-state index in [0.717, 1.165) is 21.8 Å². The minimum atomic E-state index is -1.27. The Bertz CT molecular complexity index is 1210. The molecule has 0 bridgehead atoms. The van der Waals surface area contributed by atoms with Crippen molar-refractivity contribution in [2.75, 3.05) is 0 Å². The number of hydrogen-bond acceptors (Lipinski definition) is 6. The summed E-state index contributed by atoms with van der Waals surface area (Å²) in [5.74, 6) is -0.758. The molecule has 3 aromatic rings. The predicted octanol–water partition coefficient (Wildman–Crippen LogP) is 5.00. The molecule has 0 aliphatic carbocycles. The minimum Gasteiger partial charge on any atom is -0.507 e. The van der Waals surface area contributed by atoms with E-state index in [1.807, 2.05) is 30.3 Å². The fraction of sp³-hybridized carbons (Fsp3) is 0. The van der Waals surface area contributed by atoms with E-state index in [9.17, 15) is 14.7 Å². The van der Waals surface area contributed by atoms with Gasteiger partial charge < -0.3 is 19.9 Å². The molecule has 9 heteroatoms. The third-order valence-corrected chi connectivity index (χ3v) is 5.56. The van der Waals surface area contributed by atoms with Crippen molar-refractivity contribution in [2.24, 2.45) is 4.99 Å².